The summed E-state index contributed by atoms with van der Waals surface area (Å²) in [4.78, 5) is 17.5. The smallest absolute Gasteiger partial charge is 0.171 e. The van der Waals surface area contributed by atoms with Gasteiger partial charge >= 0.3 is 0 Å². The average Bonchev–Trinajstić information content (AvgIpc) is 2.80. The summed E-state index contributed by atoms with van der Waals surface area (Å²) in [5, 5.41) is 0.954. The number of carbonyl (C=O) groups is 1. The van der Waals surface area contributed by atoms with Gasteiger partial charge in [-0.15, -0.1) is 11.3 Å². The largest absolute Gasteiger partial charge is 0.397 e. The van der Waals surface area contributed by atoms with Crippen LogP contribution >= 0.6 is 11.3 Å². The number of fused-ring (bicyclic) bond motifs is 2. The third-order valence-electron chi connectivity index (χ3n) is 3.07. The van der Waals surface area contributed by atoms with Crippen molar-refractivity contribution in [3.8, 4) is 0 Å². The zero-order valence-corrected chi connectivity index (χ0v) is 9.86. The van der Waals surface area contributed by atoms with Gasteiger partial charge in [-0.3, -0.25) is 4.79 Å². The molecular weight excluding hydrogens is 220 g/mol. The van der Waals surface area contributed by atoms with Crippen LogP contribution in [0.5, 0.6) is 0 Å². The van der Waals surface area contributed by atoms with Gasteiger partial charge in [0.2, 0.25) is 0 Å². The predicted octanol–water partition coefficient (Wildman–Crippen LogP) is 2.57. The summed E-state index contributed by atoms with van der Waals surface area (Å²) in [6.45, 7) is 1.55. The molecule has 0 fully saturated rings. The summed E-state index contributed by atoms with van der Waals surface area (Å²) in [5.41, 5.74) is 9.07. The van der Waals surface area contributed by atoms with Crippen molar-refractivity contribution in [1.82, 2.24) is 4.98 Å². The highest BCUT2D eigenvalue weighted by Crippen LogP contribution is 2.35. The maximum Gasteiger partial charge on any atom is 0.171 e. The molecule has 4 heteroatoms. The fraction of sp³-hybridized carbons (Fsp3) is 0.333. The van der Waals surface area contributed by atoms with Crippen molar-refractivity contribution < 1.29 is 4.79 Å². The number of carbonyl (C=O) groups excluding carboxylic acids is 1. The monoisotopic (exact) mass is 232 g/mol. The van der Waals surface area contributed by atoms with Gasteiger partial charge in [0.05, 0.1) is 10.6 Å². The van der Waals surface area contributed by atoms with Gasteiger partial charge in [0.25, 0.3) is 0 Å². The number of nitrogens with zero attached hydrogens (tertiary/aromatic N) is 1. The van der Waals surface area contributed by atoms with E-state index in [0.29, 0.717) is 10.6 Å². The van der Waals surface area contributed by atoms with Crippen molar-refractivity contribution in [2.24, 2.45) is 0 Å². The summed E-state index contributed by atoms with van der Waals surface area (Å²) in [6, 6.07) is 2.11. The molecule has 2 heterocycles. The number of aromatic nitrogens is 1. The lowest BCUT2D eigenvalue weighted by Gasteiger charge is -1.98. The van der Waals surface area contributed by atoms with Crippen LogP contribution in [0.4, 0.5) is 5.69 Å². The Labute approximate surface area is 97.3 Å². The lowest BCUT2D eigenvalue weighted by atomic mass is 10.1. The topological polar surface area (TPSA) is 56.0 Å². The Bertz CT molecular complexity index is 601. The van der Waals surface area contributed by atoms with Crippen LogP contribution in [-0.4, -0.2) is 10.8 Å². The Morgan fingerprint density at radius 1 is 1.50 bits per heavy atom. The number of ketones is 1. The average molecular weight is 232 g/mol. The van der Waals surface area contributed by atoms with E-state index >= 15 is 0 Å². The van der Waals surface area contributed by atoms with Crippen LogP contribution in [-0.2, 0) is 12.8 Å². The molecule has 0 saturated heterocycles. The number of Topliss-reactive ketones (excluding diaryl/α,β-unsaturated/α-hetero) is 1. The first-order valence-electron chi connectivity index (χ1n) is 5.38. The molecule has 16 heavy (non-hydrogen) atoms. The van der Waals surface area contributed by atoms with E-state index in [2.05, 4.69) is 11.1 Å². The number of rotatable bonds is 1. The molecule has 0 bridgehead atoms. The maximum atomic E-state index is 11.4. The van der Waals surface area contributed by atoms with E-state index < -0.39 is 0 Å². The molecular formula is C12H12N2OS. The molecule has 2 N–H and O–H groups in total. The lowest BCUT2D eigenvalue weighted by molar-refractivity contribution is 0.102. The van der Waals surface area contributed by atoms with E-state index in [0.717, 1.165) is 23.1 Å². The molecule has 0 amide bonds. The van der Waals surface area contributed by atoms with E-state index in [1.54, 1.807) is 6.92 Å². The summed E-state index contributed by atoms with van der Waals surface area (Å²) in [7, 11) is 0. The minimum absolute atomic E-state index is 0.0284. The molecule has 3 rings (SSSR count). The molecule has 0 atom stereocenters. The Morgan fingerprint density at radius 2 is 2.31 bits per heavy atom. The second kappa shape index (κ2) is 3.28. The molecule has 0 aliphatic heterocycles. The van der Waals surface area contributed by atoms with Gasteiger partial charge in [0.1, 0.15) is 4.83 Å². The number of thiophene rings is 1. The van der Waals surface area contributed by atoms with Gasteiger partial charge in [-0.2, -0.15) is 0 Å². The number of aryl methyl sites for hydroxylation is 2. The van der Waals surface area contributed by atoms with Crippen molar-refractivity contribution in [2.45, 2.75) is 26.2 Å². The van der Waals surface area contributed by atoms with Crippen molar-refractivity contribution in [3.05, 3.63) is 22.2 Å². The lowest BCUT2D eigenvalue weighted by Crippen LogP contribution is -1.94. The Hall–Kier alpha value is -1.42. The molecule has 3 nitrogen and oxygen atoms in total. The molecule has 0 aromatic carbocycles. The molecule has 82 valence electrons. The van der Waals surface area contributed by atoms with Gasteiger partial charge in [0, 0.05) is 18.0 Å². The van der Waals surface area contributed by atoms with Crippen LogP contribution in [0, 0.1) is 0 Å². The molecule has 0 saturated carbocycles. The summed E-state index contributed by atoms with van der Waals surface area (Å²) in [6.07, 6.45) is 3.32. The predicted molar refractivity (Wildman–Crippen MR) is 66.1 cm³/mol. The van der Waals surface area contributed by atoms with Crippen molar-refractivity contribution in [3.63, 3.8) is 0 Å². The SMILES string of the molecule is CC(=O)c1sc2nc3c(cc2c1N)CCC3. The van der Waals surface area contributed by atoms with Crippen LogP contribution in [0.2, 0.25) is 0 Å². The third-order valence-corrected chi connectivity index (χ3v) is 4.29. The van der Waals surface area contributed by atoms with Gasteiger partial charge in [-0.25, -0.2) is 4.98 Å². The first-order valence-corrected chi connectivity index (χ1v) is 6.20. The van der Waals surface area contributed by atoms with Gasteiger partial charge in [-0.1, -0.05) is 0 Å². The molecule has 0 unspecified atom stereocenters. The second-order valence-corrected chi connectivity index (χ2v) is 5.20. The zero-order chi connectivity index (χ0) is 11.3. The van der Waals surface area contributed by atoms with Crippen molar-refractivity contribution >= 4 is 33.0 Å². The Balaban J connectivity index is 2.32. The molecule has 1 aliphatic carbocycles. The number of hydrogen-bond acceptors (Lipinski definition) is 4. The standard InChI is InChI=1S/C12H12N2OS/c1-6(15)11-10(13)8-5-7-3-2-4-9(7)14-12(8)16-11/h5H,2-4,13H2,1H3. The number of pyridine rings is 1. The van der Waals surface area contributed by atoms with E-state index in [1.165, 1.54) is 29.0 Å². The fourth-order valence-electron chi connectivity index (χ4n) is 2.26. The highest BCUT2D eigenvalue weighted by molar-refractivity contribution is 7.21. The van der Waals surface area contributed by atoms with Crippen molar-refractivity contribution in [1.29, 1.82) is 0 Å². The van der Waals surface area contributed by atoms with Gasteiger partial charge in [-0.05, 0) is 30.9 Å². The fourth-order valence-corrected chi connectivity index (χ4v) is 3.25. The maximum absolute atomic E-state index is 11.4. The van der Waals surface area contributed by atoms with Crippen LogP contribution in [0.3, 0.4) is 0 Å². The zero-order valence-electron chi connectivity index (χ0n) is 9.04. The second-order valence-electron chi connectivity index (χ2n) is 4.20. The number of anilines is 1. The summed E-state index contributed by atoms with van der Waals surface area (Å²) in [5.74, 6) is 0.0284. The highest BCUT2D eigenvalue weighted by Gasteiger charge is 2.18. The first-order chi connectivity index (χ1) is 7.66. The summed E-state index contributed by atoms with van der Waals surface area (Å²) < 4.78 is 0. The first kappa shape index (κ1) is 9.78. The van der Waals surface area contributed by atoms with Gasteiger partial charge in [0.15, 0.2) is 5.78 Å². The van der Waals surface area contributed by atoms with Crippen LogP contribution in [0.1, 0.15) is 34.3 Å². The molecule has 2 aromatic rings. The van der Waals surface area contributed by atoms with E-state index in [1.807, 2.05) is 0 Å². The van der Waals surface area contributed by atoms with Crippen LogP contribution < -0.4 is 5.73 Å². The number of nitrogens with two attached hydrogens (primary N) is 1. The van der Waals surface area contributed by atoms with Crippen molar-refractivity contribution in [2.75, 3.05) is 5.73 Å². The van der Waals surface area contributed by atoms with Crippen LogP contribution in [0.25, 0.3) is 10.2 Å². The van der Waals surface area contributed by atoms with E-state index in [9.17, 15) is 4.79 Å². The summed E-state index contributed by atoms with van der Waals surface area (Å²) >= 11 is 1.41. The third kappa shape index (κ3) is 1.26. The molecule has 1 aliphatic rings. The minimum atomic E-state index is 0.0284. The molecule has 0 radical (unpaired) electrons. The Morgan fingerprint density at radius 3 is 3.06 bits per heavy atom. The quantitative estimate of drug-likeness (QED) is 0.769. The minimum Gasteiger partial charge on any atom is -0.397 e. The Kier molecular flexibility index (Phi) is 2.01. The number of hydrogen-bond donors (Lipinski definition) is 1. The molecule has 0 spiro atoms. The normalized spacial score (nSPS) is 14.3. The molecule has 2 aromatic heterocycles. The number of nitrogen functional groups attached to an aromatic ring is 1. The highest BCUT2D eigenvalue weighted by atomic mass is 32.1. The van der Waals surface area contributed by atoms with Gasteiger partial charge < -0.3 is 5.73 Å². The van der Waals surface area contributed by atoms with E-state index in [-0.39, 0.29) is 5.78 Å². The van der Waals surface area contributed by atoms with E-state index in [4.69, 9.17) is 5.73 Å². The van der Waals surface area contributed by atoms with Crippen LogP contribution in [0.15, 0.2) is 6.07 Å².